The van der Waals surface area contributed by atoms with Crippen LogP contribution in [0.2, 0.25) is 0 Å². The number of nitriles is 1. The normalized spacial score (nSPS) is 10.2. The summed E-state index contributed by atoms with van der Waals surface area (Å²) in [6.45, 7) is 5.03. The maximum Gasteiger partial charge on any atom is 0.128 e. The first kappa shape index (κ1) is 12.5. The number of nitrogens with zero attached hydrogens (tertiary/aromatic N) is 3. The minimum atomic E-state index is 0.400. The molecule has 0 aromatic carbocycles. The van der Waals surface area contributed by atoms with Crippen molar-refractivity contribution < 1.29 is 4.74 Å². The summed E-state index contributed by atoms with van der Waals surface area (Å²) in [6, 6.07) is 2.11. The fraction of sp³-hybridized carbons (Fsp3) is 0.500. The fourth-order valence-corrected chi connectivity index (χ4v) is 1.66. The summed E-state index contributed by atoms with van der Waals surface area (Å²) >= 11 is 0. The number of methoxy groups -OCH3 is 1. The summed E-state index contributed by atoms with van der Waals surface area (Å²) in [5, 5.41) is 8.59. The first-order valence-electron chi connectivity index (χ1n) is 5.14. The molecule has 1 aromatic heterocycles. The highest BCUT2D eigenvalue weighted by Gasteiger charge is 2.10. The Morgan fingerprint density at radius 2 is 2.19 bits per heavy atom. The van der Waals surface area contributed by atoms with Gasteiger partial charge in [-0.2, -0.15) is 5.26 Å². The quantitative estimate of drug-likeness (QED) is 0.723. The maximum atomic E-state index is 8.59. The van der Waals surface area contributed by atoms with Crippen molar-refractivity contribution in [3.63, 3.8) is 0 Å². The number of hydrogen-bond acceptors (Lipinski definition) is 4. The van der Waals surface area contributed by atoms with Gasteiger partial charge in [0.15, 0.2) is 0 Å². The van der Waals surface area contributed by atoms with Crippen LogP contribution < -0.4 is 4.74 Å². The molecule has 0 saturated heterocycles. The minimum absolute atomic E-state index is 0.400. The minimum Gasteiger partial charge on any atom is -0.496 e. The molecule has 0 spiro atoms. The van der Waals surface area contributed by atoms with Gasteiger partial charge in [-0.3, -0.25) is 9.88 Å². The zero-order valence-electron chi connectivity index (χ0n) is 10.2. The van der Waals surface area contributed by atoms with Crippen LogP contribution in [-0.4, -0.2) is 30.6 Å². The van der Waals surface area contributed by atoms with E-state index < -0.39 is 0 Å². The lowest BCUT2D eigenvalue weighted by Gasteiger charge is -2.16. The van der Waals surface area contributed by atoms with Crippen molar-refractivity contribution in [1.29, 1.82) is 5.26 Å². The molecule has 1 rings (SSSR count). The van der Waals surface area contributed by atoms with Gasteiger partial charge in [0.25, 0.3) is 0 Å². The number of rotatable bonds is 4. The zero-order chi connectivity index (χ0) is 12.1. The standard InChI is InChI=1S/C12H17N3O/c1-9-7-14-11(8-15(3)6-5-13)10(2)12(9)16-4/h7H,6,8H2,1-4H3. The Morgan fingerprint density at radius 3 is 2.75 bits per heavy atom. The van der Waals surface area contributed by atoms with Gasteiger partial charge in [-0.25, -0.2) is 0 Å². The van der Waals surface area contributed by atoms with Gasteiger partial charge in [-0.15, -0.1) is 0 Å². The molecule has 0 bridgehead atoms. The van der Waals surface area contributed by atoms with Gasteiger partial charge in [-0.05, 0) is 20.9 Å². The SMILES string of the molecule is COc1c(C)cnc(CN(C)CC#N)c1C. The van der Waals surface area contributed by atoms with Crippen LogP contribution in [0, 0.1) is 25.2 Å². The molecule has 0 amide bonds. The van der Waals surface area contributed by atoms with Crippen LogP contribution in [-0.2, 0) is 6.54 Å². The van der Waals surface area contributed by atoms with E-state index in [1.165, 1.54) is 0 Å². The topological polar surface area (TPSA) is 49.1 Å². The Balaban J connectivity index is 2.94. The smallest absolute Gasteiger partial charge is 0.128 e. The Morgan fingerprint density at radius 1 is 1.50 bits per heavy atom. The molecular formula is C12H17N3O. The van der Waals surface area contributed by atoms with E-state index in [2.05, 4.69) is 11.1 Å². The molecule has 0 unspecified atom stereocenters. The van der Waals surface area contributed by atoms with E-state index >= 15 is 0 Å². The second-order valence-electron chi connectivity index (χ2n) is 3.88. The van der Waals surface area contributed by atoms with Gasteiger partial charge in [0, 0.05) is 23.9 Å². The van der Waals surface area contributed by atoms with Crippen molar-refractivity contribution in [3.05, 3.63) is 23.0 Å². The molecule has 4 heteroatoms. The molecule has 0 aliphatic carbocycles. The molecule has 4 nitrogen and oxygen atoms in total. The molecule has 1 heterocycles. The maximum absolute atomic E-state index is 8.59. The second-order valence-corrected chi connectivity index (χ2v) is 3.88. The lowest BCUT2D eigenvalue weighted by molar-refractivity contribution is 0.357. The van der Waals surface area contributed by atoms with Gasteiger partial charge in [0.05, 0.1) is 25.4 Å². The fourth-order valence-electron chi connectivity index (χ4n) is 1.66. The van der Waals surface area contributed by atoms with Crippen molar-refractivity contribution >= 4 is 0 Å². The molecule has 0 N–H and O–H groups in total. The van der Waals surface area contributed by atoms with Crippen LogP contribution in [0.25, 0.3) is 0 Å². The lowest BCUT2D eigenvalue weighted by Crippen LogP contribution is -2.19. The number of ether oxygens (including phenoxy) is 1. The second kappa shape index (κ2) is 5.47. The Bertz CT molecular complexity index is 409. The molecule has 0 saturated carbocycles. The summed E-state index contributed by atoms with van der Waals surface area (Å²) in [7, 11) is 3.56. The van der Waals surface area contributed by atoms with Gasteiger partial charge in [-0.1, -0.05) is 0 Å². The highest BCUT2D eigenvalue weighted by molar-refractivity contribution is 5.40. The van der Waals surface area contributed by atoms with E-state index in [-0.39, 0.29) is 0 Å². The summed E-state index contributed by atoms with van der Waals surface area (Å²) in [5.41, 5.74) is 3.04. The average Bonchev–Trinajstić information content (AvgIpc) is 2.23. The lowest BCUT2D eigenvalue weighted by atomic mass is 10.1. The monoisotopic (exact) mass is 219 g/mol. The van der Waals surface area contributed by atoms with Crippen LogP contribution in [0.3, 0.4) is 0 Å². The van der Waals surface area contributed by atoms with Crippen molar-refractivity contribution in [1.82, 2.24) is 9.88 Å². The van der Waals surface area contributed by atoms with Crippen LogP contribution in [0.5, 0.6) is 5.75 Å². The molecule has 1 aromatic rings. The summed E-state index contributed by atoms with van der Waals surface area (Å²) < 4.78 is 5.33. The molecule has 0 aliphatic rings. The van der Waals surface area contributed by atoms with E-state index in [1.807, 2.05) is 25.8 Å². The van der Waals surface area contributed by atoms with E-state index in [4.69, 9.17) is 10.00 Å². The predicted molar refractivity (Wildman–Crippen MR) is 62.2 cm³/mol. The number of hydrogen-bond donors (Lipinski definition) is 0. The summed E-state index contributed by atoms with van der Waals surface area (Å²) in [5.74, 6) is 0.885. The van der Waals surface area contributed by atoms with Crippen molar-refractivity contribution in [2.75, 3.05) is 20.7 Å². The van der Waals surface area contributed by atoms with Gasteiger partial charge < -0.3 is 4.74 Å². The van der Waals surface area contributed by atoms with E-state index in [1.54, 1.807) is 13.3 Å². The zero-order valence-corrected chi connectivity index (χ0v) is 10.2. The average molecular weight is 219 g/mol. The van der Waals surface area contributed by atoms with E-state index in [9.17, 15) is 0 Å². The third-order valence-electron chi connectivity index (χ3n) is 2.51. The van der Waals surface area contributed by atoms with E-state index in [0.29, 0.717) is 13.1 Å². The van der Waals surface area contributed by atoms with Crippen molar-refractivity contribution in [2.24, 2.45) is 0 Å². The molecule has 0 aliphatic heterocycles. The summed E-state index contributed by atoms with van der Waals surface area (Å²) in [4.78, 5) is 6.30. The molecular weight excluding hydrogens is 202 g/mol. The van der Waals surface area contributed by atoms with Crippen molar-refractivity contribution in [3.8, 4) is 11.8 Å². The first-order chi connectivity index (χ1) is 7.60. The van der Waals surface area contributed by atoms with Crippen molar-refractivity contribution in [2.45, 2.75) is 20.4 Å². The molecule has 16 heavy (non-hydrogen) atoms. The van der Waals surface area contributed by atoms with Crippen LogP contribution in [0.15, 0.2) is 6.20 Å². The number of aromatic nitrogens is 1. The Labute approximate surface area is 96.5 Å². The third-order valence-corrected chi connectivity index (χ3v) is 2.51. The Hall–Kier alpha value is -1.60. The summed E-state index contributed by atoms with van der Waals surface area (Å²) in [6.07, 6.45) is 1.81. The molecule has 0 radical (unpaired) electrons. The van der Waals surface area contributed by atoms with Gasteiger partial charge in [0.2, 0.25) is 0 Å². The number of aryl methyl sites for hydroxylation is 1. The predicted octanol–water partition coefficient (Wildman–Crippen LogP) is 1.66. The molecule has 86 valence electrons. The third kappa shape index (κ3) is 2.71. The van der Waals surface area contributed by atoms with Crippen LogP contribution in [0.4, 0.5) is 0 Å². The largest absolute Gasteiger partial charge is 0.496 e. The van der Waals surface area contributed by atoms with Crippen LogP contribution in [0.1, 0.15) is 16.8 Å². The molecule has 0 fully saturated rings. The highest BCUT2D eigenvalue weighted by Crippen LogP contribution is 2.24. The Kier molecular flexibility index (Phi) is 4.27. The van der Waals surface area contributed by atoms with E-state index in [0.717, 1.165) is 22.6 Å². The first-order valence-corrected chi connectivity index (χ1v) is 5.14. The van der Waals surface area contributed by atoms with Gasteiger partial charge >= 0.3 is 0 Å². The van der Waals surface area contributed by atoms with Gasteiger partial charge in [0.1, 0.15) is 5.75 Å². The van der Waals surface area contributed by atoms with Crippen LogP contribution >= 0.6 is 0 Å². The highest BCUT2D eigenvalue weighted by atomic mass is 16.5. The number of pyridine rings is 1. The molecule has 0 atom stereocenters.